The van der Waals surface area contributed by atoms with Gasteiger partial charge in [0.15, 0.2) is 0 Å². The highest BCUT2D eigenvalue weighted by Crippen LogP contribution is 2.23. The lowest BCUT2D eigenvalue weighted by Gasteiger charge is -2.22. The van der Waals surface area contributed by atoms with E-state index in [9.17, 15) is 4.79 Å². The molecule has 0 saturated carbocycles. The molecule has 0 saturated heterocycles. The normalized spacial score (nSPS) is 11.5. The average Bonchev–Trinajstić information content (AvgIpc) is 2.67. The van der Waals surface area contributed by atoms with Crippen molar-refractivity contribution in [2.75, 3.05) is 6.61 Å². The van der Waals surface area contributed by atoms with Crippen LogP contribution in [0, 0.1) is 0 Å². The van der Waals surface area contributed by atoms with Crippen LogP contribution in [-0.4, -0.2) is 27.6 Å². The molecule has 0 unspecified atom stereocenters. The van der Waals surface area contributed by atoms with Crippen molar-refractivity contribution in [3.63, 3.8) is 0 Å². The van der Waals surface area contributed by atoms with Crippen LogP contribution in [0.15, 0.2) is 6.20 Å². The average molecular weight is 225 g/mol. The summed E-state index contributed by atoms with van der Waals surface area (Å²) < 4.78 is 6.82. The SMILES string of the molecule is CCCn1nncc1C(C)(C)C(=O)OCC. The summed E-state index contributed by atoms with van der Waals surface area (Å²) in [6.45, 7) is 8.67. The summed E-state index contributed by atoms with van der Waals surface area (Å²) in [5.41, 5.74) is 0.0992. The highest BCUT2D eigenvalue weighted by Gasteiger charge is 2.34. The molecular formula is C11H19N3O2. The summed E-state index contributed by atoms with van der Waals surface area (Å²) in [5, 5.41) is 7.83. The molecule has 1 heterocycles. The van der Waals surface area contributed by atoms with Crippen molar-refractivity contribution in [3.05, 3.63) is 11.9 Å². The Morgan fingerprint density at radius 2 is 2.19 bits per heavy atom. The third-order valence-corrected chi connectivity index (χ3v) is 2.48. The van der Waals surface area contributed by atoms with E-state index in [-0.39, 0.29) is 5.97 Å². The molecule has 0 aliphatic rings. The first-order valence-electron chi connectivity index (χ1n) is 5.60. The van der Waals surface area contributed by atoms with Crippen molar-refractivity contribution in [2.24, 2.45) is 0 Å². The van der Waals surface area contributed by atoms with E-state index in [2.05, 4.69) is 17.2 Å². The maximum atomic E-state index is 11.8. The number of nitrogens with zero attached hydrogens (tertiary/aromatic N) is 3. The molecule has 0 radical (unpaired) electrons. The number of hydrogen-bond acceptors (Lipinski definition) is 4. The largest absolute Gasteiger partial charge is 0.465 e. The second kappa shape index (κ2) is 5.09. The first-order valence-corrected chi connectivity index (χ1v) is 5.60. The summed E-state index contributed by atoms with van der Waals surface area (Å²) in [5.74, 6) is -0.241. The lowest BCUT2D eigenvalue weighted by Crippen LogP contribution is -2.33. The minimum Gasteiger partial charge on any atom is -0.465 e. The topological polar surface area (TPSA) is 57.0 Å². The Morgan fingerprint density at radius 1 is 1.50 bits per heavy atom. The molecule has 5 nitrogen and oxygen atoms in total. The third kappa shape index (κ3) is 2.40. The van der Waals surface area contributed by atoms with Gasteiger partial charge in [0.1, 0.15) is 5.41 Å². The number of aromatic nitrogens is 3. The monoisotopic (exact) mass is 225 g/mol. The third-order valence-electron chi connectivity index (χ3n) is 2.48. The van der Waals surface area contributed by atoms with Gasteiger partial charge in [0.2, 0.25) is 0 Å². The zero-order valence-corrected chi connectivity index (χ0v) is 10.4. The summed E-state index contributed by atoms with van der Waals surface area (Å²) in [4.78, 5) is 11.8. The van der Waals surface area contributed by atoms with Crippen LogP contribution in [-0.2, 0) is 21.5 Å². The molecule has 0 spiro atoms. The number of carbonyl (C=O) groups is 1. The molecule has 1 aromatic rings. The predicted molar refractivity (Wildman–Crippen MR) is 60.0 cm³/mol. The summed E-state index contributed by atoms with van der Waals surface area (Å²) in [7, 11) is 0. The maximum Gasteiger partial charge on any atom is 0.317 e. The van der Waals surface area contributed by atoms with Crippen LogP contribution in [0.2, 0.25) is 0 Å². The van der Waals surface area contributed by atoms with Crippen LogP contribution in [0.25, 0.3) is 0 Å². The molecule has 16 heavy (non-hydrogen) atoms. The smallest absolute Gasteiger partial charge is 0.317 e. The van der Waals surface area contributed by atoms with Gasteiger partial charge in [-0.2, -0.15) is 0 Å². The minimum absolute atomic E-state index is 0.241. The fourth-order valence-electron chi connectivity index (χ4n) is 1.53. The van der Waals surface area contributed by atoms with E-state index in [4.69, 9.17) is 4.74 Å². The number of esters is 1. The van der Waals surface area contributed by atoms with Gasteiger partial charge in [-0.25, -0.2) is 4.68 Å². The number of carbonyl (C=O) groups excluding carboxylic acids is 1. The Hall–Kier alpha value is -1.39. The fraction of sp³-hybridized carbons (Fsp3) is 0.727. The van der Waals surface area contributed by atoms with E-state index in [1.54, 1.807) is 17.8 Å². The number of aryl methyl sites for hydroxylation is 1. The zero-order chi connectivity index (χ0) is 12.2. The fourth-order valence-corrected chi connectivity index (χ4v) is 1.53. The lowest BCUT2D eigenvalue weighted by atomic mass is 9.90. The van der Waals surface area contributed by atoms with Gasteiger partial charge < -0.3 is 4.74 Å². The minimum atomic E-state index is -0.700. The van der Waals surface area contributed by atoms with E-state index in [0.29, 0.717) is 6.61 Å². The number of hydrogen-bond donors (Lipinski definition) is 0. The molecule has 0 aliphatic heterocycles. The van der Waals surface area contributed by atoms with Crippen LogP contribution in [0.5, 0.6) is 0 Å². The van der Waals surface area contributed by atoms with Crippen LogP contribution >= 0.6 is 0 Å². The first kappa shape index (κ1) is 12.7. The molecule has 1 aromatic heterocycles. The van der Waals surface area contributed by atoms with Crippen molar-refractivity contribution in [1.29, 1.82) is 0 Å². The van der Waals surface area contributed by atoms with Crippen LogP contribution in [0.4, 0.5) is 0 Å². The van der Waals surface area contributed by atoms with Gasteiger partial charge in [-0.05, 0) is 27.2 Å². The molecule has 0 atom stereocenters. The number of ether oxygens (including phenoxy) is 1. The summed E-state index contributed by atoms with van der Waals surface area (Å²) in [6.07, 6.45) is 2.59. The van der Waals surface area contributed by atoms with Crippen molar-refractivity contribution < 1.29 is 9.53 Å². The highest BCUT2D eigenvalue weighted by atomic mass is 16.5. The molecule has 0 amide bonds. The standard InChI is InChI=1S/C11H19N3O2/c1-5-7-14-9(8-12-13-14)11(3,4)10(15)16-6-2/h8H,5-7H2,1-4H3. The Balaban J connectivity index is 2.96. The Labute approximate surface area is 95.8 Å². The number of rotatable bonds is 5. The predicted octanol–water partition coefficient (Wildman–Crippen LogP) is 1.53. The Kier molecular flexibility index (Phi) is 4.04. The molecule has 1 rings (SSSR count). The molecule has 5 heteroatoms. The van der Waals surface area contributed by atoms with E-state index < -0.39 is 5.41 Å². The van der Waals surface area contributed by atoms with E-state index >= 15 is 0 Å². The van der Waals surface area contributed by atoms with Gasteiger partial charge in [-0.1, -0.05) is 12.1 Å². The highest BCUT2D eigenvalue weighted by molar-refractivity contribution is 5.81. The van der Waals surface area contributed by atoms with Crippen LogP contribution in [0.3, 0.4) is 0 Å². The van der Waals surface area contributed by atoms with Gasteiger partial charge in [0, 0.05) is 6.54 Å². The quantitative estimate of drug-likeness (QED) is 0.713. The van der Waals surface area contributed by atoms with Gasteiger partial charge in [0.25, 0.3) is 0 Å². The second-order valence-corrected chi connectivity index (χ2v) is 4.19. The summed E-state index contributed by atoms with van der Waals surface area (Å²) >= 11 is 0. The summed E-state index contributed by atoms with van der Waals surface area (Å²) in [6, 6.07) is 0. The van der Waals surface area contributed by atoms with Crippen molar-refractivity contribution in [1.82, 2.24) is 15.0 Å². The van der Waals surface area contributed by atoms with Crippen molar-refractivity contribution in [2.45, 2.75) is 46.1 Å². The molecule has 0 aliphatic carbocycles. The molecule has 0 N–H and O–H groups in total. The molecule has 0 bridgehead atoms. The van der Waals surface area contributed by atoms with Crippen LogP contribution < -0.4 is 0 Å². The van der Waals surface area contributed by atoms with E-state index in [1.165, 1.54) is 0 Å². The van der Waals surface area contributed by atoms with Crippen molar-refractivity contribution in [3.8, 4) is 0 Å². The Morgan fingerprint density at radius 3 is 2.75 bits per heavy atom. The molecule has 0 aromatic carbocycles. The maximum absolute atomic E-state index is 11.8. The van der Waals surface area contributed by atoms with Gasteiger partial charge in [0.05, 0.1) is 18.5 Å². The van der Waals surface area contributed by atoms with Crippen molar-refractivity contribution >= 4 is 5.97 Å². The second-order valence-electron chi connectivity index (χ2n) is 4.19. The first-order chi connectivity index (χ1) is 7.54. The molecule has 90 valence electrons. The van der Waals surface area contributed by atoms with Crippen LogP contribution in [0.1, 0.15) is 39.8 Å². The lowest BCUT2D eigenvalue weighted by molar-refractivity contribution is -0.149. The van der Waals surface area contributed by atoms with Gasteiger partial charge in [-0.3, -0.25) is 4.79 Å². The molecular weight excluding hydrogens is 206 g/mol. The zero-order valence-electron chi connectivity index (χ0n) is 10.4. The van der Waals surface area contributed by atoms with E-state index in [1.807, 2.05) is 13.8 Å². The van der Waals surface area contributed by atoms with E-state index in [0.717, 1.165) is 18.7 Å². The Bertz CT molecular complexity index is 358. The van der Waals surface area contributed by atoms with Gasteiger partial charge >= 0.3 is 5.97 Å². The molecule has 0 fully saturated rings. The van der Waals surface area contributed by atoms with Gasteiger partial charge in [-0.15, -0.1) is 5.10 Å².